The van der Waals surface area contributed by atoms with Gasteiger partial charge in [-0.05, 0) is 38.1 Å². The maximum atomic E-state index is 9.09. The van der Waals surface area contributed by atoms with E-state index < -0.39 is 0 Å². The van der Waals surface area contributed by atoms with Crippen LogP contribution in [0.2, 0.25) is 0 Å². The summed E-state index contributed by atoms with van der Waals surface area (Å²) >= 11 is 0. The molecule has 1 aliphatic carbocycles. The van der Waals surface area contributed by atoms with E-state index in [4.69, 9.17) is 9.84 Å². The van der Waals surface area contributed by atoms with Crippen LogP contribution in [0, 0.1) is 5.92 Å². The lowest BCUT2D eigenvalue weighted by Gasteiger charge is -2.27. The number of ether oxygens (including phenoxy) is 1. The highest BCUT2D eigenvalue weighted by atomic mass is 16.5. The maximum absolute atomic E-state index is 9.09. The number of nitrogens with one attached hydrogen (secondary N) is 1. The van der Waals surface area contributed by atoms with E-state index in [9.17, 15) is 0 Å². The van der Waals surface area contributed by atoms with Crippen LogP contribution in [0.5, 0.6) is 0 Å². The molecule has 1 saturated carbocycles. The van der Waals surface area contributed by atoms with Crippen molar-refractivity contribution in [3.63, 3.8) is 0 Å². The number of aliphatic hydroxyl groups excluding tert-OH is 1. The minimum Gasteiger partial charge on any atom is -0.395 e. The van der Waals surface area contributed by atoms with Gasteiger partial charge in [0.1, 0.15) is 0 Å². The van der Waals surface area contributed by atoms with Crippen molar-refractivity contribution in [3.05, 3.63) is 0 Å². The average Bonchev–Trinajstić information content (AvgIpc) is 2.26. The van der Waals surface area contributed by atoms with Crippen molar-refractivity contribution in [2.75, 3.05) is 19.8 Å². The Hall–Kier alpha value is -0.120. The summed E-state index contributed by atoms with van der Waals surface area (Å²) < 4.78 is 5.81. The normalized spacial score (nSPS) is 29.0. The zero-order chi connectivity index (χ0) is 11.1. The highest BCUT2D eigenvalue weighted by Crippen LogP contribution is 2.25. The van der Waals surface area contributed by atoms with Gasteiger partial charge in [-0.15, -0.1) is 0 Å². The van der Waals surface area contributed by atoms with Crippen LogP contribution < -0.4 is 5.32 Å². The summed E-state index contributed by atoms with van der Waals surface area (Å²) in [6.07, 6.45) is 5.37. The zero-order valence-electron chi connectivity index (χ0n) is 10.0. The molecule has 2 N–H and O–H groups in total. The van der Waals surface area contributed by atoms with Crippen molar-refractivity contribution in [3.8, 4) is 0 Å². The van der Waals surface area contributed by atoms with Gasteiger partial charge in [-0.3, -0.25) is 0 Å². The summed E-state index contributed by atoms with van der Waals surface area (Å²) in [5.41, 5.74) is 0. The molecule has 0 spiro atoms. The molecule has 3 heteroatoms. The van der Waals surface area contributed by atoms with Crippen molar-refractivity contribution in [2.24, 2.45) is 5.92 Å². The van der Waals surface area contributed by atoms with Crippen molar-refractivity contribution in [1.29, 1.82) is 0 Å². The first-order chi connectivity index (χ1) is 7.26. The van der Waals surface area contributed by atoms with Gasteiger partial charge in [0.05, 0.1) is 25.4 Å². The second-order valence-corrected chi connectivity index (χ2v) is 4.65. The molecule has 0 aromatic rings. The molecule has 0 aliphatic heterocycles. The smallest absolute Gasteiger partial charge is 0.0645 e. The van der Waals surface area contributed by atoms with E-state index in [1.165, 1.54) is 25.7 Å². The Labute approximate surface area is 93.2 Å². The van der Waals surface area contributed by atoms with Crippen molar-refractivity contribution in [1.82, 2.24) is 5.32 Å². The summed E-state index contributed by atoms with van der Waals surface area (Å²) in [6.45, 7) is 6.05. The van der Waals surface area contributed by atoms with Gasteiger partial charge in [0.25, 0.3) is 0 Å². The van der Waals surface area contributed by atoms with Crippen molar-refractivity contribution in [2.45, 2.75) is 51.7 Å². The van der Waals surface area contributed by atoms with Gasteiger partial charge >= 0.3 is 0 Å². The molecule has 1 fully saturated rings. The van der Waals surface area contributed by atoms with Crippen LogP contribution in [0.15, 0.2) is 0 Å². The number of hydrogen-bond acceptors (Lipinski definition) is 3. The maximum Gasteiger partial charge on any atom is 0.0645 e. The second kappa shape index (κ2) is 7.20. The molecule has 0 bridgehead atoms. The Morgan fingerprint density at radius 1 is 1.33 bits per heavy atom. The fourth-order valence-corrected chi connectivity index (χ4v) is 2.11. The van der Waals surface area contributed by atoms with Crippen molar-refractivity contribution < 1.29 is 9.84 Å². The number of likely N-dealkylation sites (N-methyl/N-ethyl adjacent to an activating group) is 1. The molecule has 1 aliphatic rings. The van der Waals surface area contributed by atoms with E-state index in [0.29, 0.717) is 12.7 Å². The van der Waals surface area contributed by atoms with Gasteiger partial charge < -0.3 is 15.2 Å². The van der Waals surface area contributed by atoms with Gasteiger partial charge in [-0.1, -0.05) is 13.8 Å². The average molecular weight is 215 g/mol. The van der Waals surface area contributed by atoms with Gasteiger partial charge in [-0.2, -0.15) is 0 Å². The first-order valence-corrected chi connectivity index (χ1v) is 6.22. The molecule has 15 heavy (non-hydrogen) atoms. The molecule has 3 nitrogen and oxygen atoms in total. The van der Waals surface area contributed by atoms with Crippen LogP contribution in [-0.2, 0) is 4.74 Å². The minimum atomic E-state index is 0.106. The largest absolute Gasteiger partial charge is 0.395 e. The lowest BCUT2D eigenvalue weighted by atomic mass is 9.89. The summed E-state index contributed by atoms with van der Waals surface area (Å²) in [5, 5.41) is 12.3. The molecular weight excluding hydrogens is 190 g/mol. The molecule has 0 aromatic carbocycles. The van der Waals surface area contributed by atoms with Crippen LogP contribution >= 0.6 is 0 Å². The SMILES string of the molecule is CCNC(CO)COC1CCC(C)CC1. The Morgan fingerprint density at radius 2 is 2.00 bits per heavy atom. The third-order valence-corrected chi connectivity index (χ3v) is 3.21. The van der Waals surface area contributed by atoms with E-state index >= 15 is 0 Å². The van der Waals surface area contributed by atoms with E-state index in [2.05, 4.69) is 12.2 Å². The molecule has 1 atom stereocenters. The fraction of sp³-hybridized carbons (Fsp3) is 1.00. The first kappa shape index (κ1) is 12.9. The highest BCUT2D eigenvalue weighted by molar-refractivity contribution is 4.71. The summed E-state index contributed by atoms with van der Waals surface area (Å²) in [5.74, 6) is 0.868. The zero-order valence-corrected chi connectivity index (χ0v) is 10.0. The predicted molar refractivity (Wildman–Crippen MR) is 61.9 cm³/mol. The van der Waals surface area contributed by atoms with E-state index in [1.807, 2.05) is 6.92 Å². The molecule has 1 unspecified atom stereocenters. The van der Waals surface area contributed by atoms with Gasteiger partial charge in [-0.25, -0.2) is 0 Å². The molecule has 1 rings (SSSR count). The summed E-state index contributed by atoms with van der Waals surface area (Å²) in [7, 11) is 0. The standard InChI is InChI=1S/C12H25NO2/c1-3-13-11(8-14)9-15-12-6-4-10(2)5-7-12/h10-14H,3-9H2,1-2H3. The molecular formula is C12H25NO2. The Balaban J connectivity index is 2.12. The Morgan fingerprint density at radius 3 is 2.53 bits per heavy atom. The molecule has 0 saturated heterocycles. The fourth-order valence-electron chi connectivity index (χ4n) is 2.11. The van der Waals surface area contributed by atoms with Crippen LogP contribution in [0.25, 0.3) is 0 Å². The van der Waals surface area contributed by atoms with Crippen LogP contribution in [0.3, 0.4) is 0 Å². The second-order valence-electron chi connectivity index (χ2n) is 4.65. The molecule has 0 amide bonds. The van der Waals surface area contributed by atoms with Gasteiger partial charge in [0, 0.05) is 0 Å². The highest BCUT2D eigenvalue weighted by Gasteiger charge is 2.19. The summed E-state index contributed by atoms with van der Waals surface area (Å²) in [6, 6.07) is 0.106. The van der Waals surface area contributed by atoms with Gasteiger partial charge in [0.2, 0.25) is 0 Å². The van der Waals surface area contributed by atoms with Crippen molar-refractivity contribution >= 4 is 0 Å². The topological polar surface area (TPSA) is 41.5 Å². The Bertz CT molecular complexity index is 156. The first-order valence-electron chi connectivity index (χ1n) is 6.22. The summed E-state index contributed by atoms with van der Waals surface area (Å²) in [4.78, 5) is 0. The number of aliphatic hydroxyl groups is 1. The van der Waals surface area contributed by atoms with Gasteiger partial charge in [0.15, 0.2) is 0 Å². The minimum absolute atomic E-state index is 0.106. The lowest BCUT2D eigenvalue weighted by Crippen LogP contribution is -2.38. The van der Waals surface area contributed by atoms with E-state index in [1.54, 1.807) is 0 Å². The third kappa shape index (κ3) is 4.96. The van der Waals surface area contributed by atoms with Crippen LogP contribution in [0.4, 0.5) is 0 Å². The predicted octanol–water partition coefficient (Wildman–Crippen LogP) is 1.55. The van der Waals surface area contributed by atoms with Crippen LogP contribution in [0.1, 0.15) is 39.5 Å². The molecule has 90 valence electrons. The molecule has 0 radical (unpaired) electrons. The van der Waals surface area contributed by atoms with E-state index in [-0.39, 0.29) is 12.6 Å². The Kier molecular flexibility index (Phi) is 6.22. The monoisotopic (exact) mass is 215 g/mol. The third-order valence-electron chi connectivity index (χ3n) is 3.21. The quantitative estimate of drug-likeness (QED) is 0.706. The van der Waals surface area contributed by atoms with Crippen LogP contribution in [-0.4, -0.2) is 37.0 Å². The number of hydrogen-bond donors (Lipinski definition) is 2. The molecule has 0 aromatic heterocycles. The van der Waals surface area contributed by atoms with E-state index in [0.717, 1.165) is 12.5 Å². The number of rotatable bonds is 6. The molecule has 0 heterocycles. The lowest BCUT2D eigenvalue weighted by molar-refractivity contribution is 0.000737.